The van der Waals surface area contributed by atoms with Gasteiger partial charge in [-0.05, 0) is 38.5 Å². The average molecular weight is 456 g/mol. The highest BCUT2D eigenvalue weighted by molar-refractivity contribution is 5.89. The van der Waals surface area contributed by atoms with E-state index < -0.39 is 34.7 Å². The Kier molecular flexibility index (Phi) is 7.65. The fourth-order valence-electron chi connectivity index (χ4n) is 3.50. The molecule has 9 nitrogen and oxygen atoms in total. The molecule has 0 N–H and O–H groups in total. The molecule has 2 aromatic rings. The van der Waals surface area contributed by atoms with Crippen LogP contribution in [-0.4, -0.2) is 52.8 Å². The molecular formula is C24H28N2O7. The standard InChI is InChI=1S/C24H28N2O7/c1-24(2,3)33-23(28)25-14-13-21(20(25)16-31-15-17-7-5-4-6-8-17)32-22(27)18-9-11-19(12-10-18)26(29)30/h4-12,20-21H,13-16H2,1-3H3/t20-,21+/m1/s1. The molecule has 9 heteroatoms. The number of amides is 1. The van der Waals surface area contributed by atoms with Gasteiger partial charge in [0.25, 0.3) is 5.69 Å². The van der Waals surface area contributed by atoms with Gasteiger partial charge in [0.15, 0.2) is 0 Å². The Morgan fingerprint density at radius 3 is 2.36 bits per heavy atom. The van der Waals surface area contributed by atoms with Crippen LogP contribution in [0.2, 0.25) is 0 Å². The van der Waals surface area contributed by atoms with Gasteiger partial charge in [0.05, 0.1) is 29.7 Å². The summed E-state index contributed by atoms with van der Waals surface area (Å²) in [4.78, 5) is 37.2. The van der Waals surface area contributed by atoms with Crippen molar-refractivity contribution >= 4 is 17.7 Å². The van der Waals surface area contributed by atoms with Gasteiger partial charge >= 0.3 is 12.1 Å². The first-order valence-corrected chi connectivity index (χ1v) is 10.7. The fraction of sp³-hybridized carbons (Fsp3) is 0.417. The second kappa shape index (κ2) is 10.4. The van der Waals surface area contributed by atoms with E-state index in [-0.39, 0.29) is 17.9 Å². The zero-order chi connectivity index (χ0) is 24.0. The van der Waals surface area contributed by atoms with Gasteiger partial charge in [0, 0.05) is 25.1 Å². The minimum atomic E-state index is -0.667. The molecule has 176 valence electrons. The maximum atomic E-state index is 12.8. The van der Waals surface area contributed by atoms with Gasteiger partial charge in [-0.15, -0.1) is 0 Å². The summed E-state index contributed by atoms with van der Waals surface area (Å²) in [5.74, 6) is -0.617. The van der Waals surface area contributed by atoms with Crippen LogP contribution in [-0.2, 0) is 20.8 Å². The molecule has 2 atom stereocenters. The summed E-state index contributed by atoms with van der Waals surface area (Å²) < 4.78 is 17.1. The van der Waals surface area contributed by atoms with E-state index in [1.54, 1.807) is 20.8 Å². The molecule has 0 aliphatic carbocycles. The number of carbonyl (C=O) groups is 2. The first kappa shape index (κ1) is 24.2. The number of ether oxygens (including phenoxy) is 3. The van der Waals surface area contributed by atoms with Crippen LogP contribution in [0.25, 0.3) is 0 Å². The number of hydrogen-bond acceptors (Lipinski definition) is 7. The fourth-order valence-corrected chi connectivity index (χ4v) is 3.50. The number of nitro groups is 1. The van der Waals surface area contributed by atoms with E-state index in [1.165, 1.54) is 29.2 Å². The number of esters is 1. The number of rotatable bonds is 7. The van der Waals surface area contributed by atoms with Crippen LogP contribution in [0, 0.1) is 10.1 Å². The summed E-state index contributed by atoms with van der Waals surface area (Å²) in [7, 11) is 0. The molecular weight excluding hydrogens is 428 g/mol. The molecule has 0 radical (unpaired) electrons. The van der Waals surface area contributed by atoms with Gasteiger partial charge in [0.1, 0.15) is 11.7 Å². The average Bonchev–Trinajstić information content (AvgIpc) is 3.16. The van der Waals surface area contributed by atoms with Crippen molar-refractivity contribution in [3.63, 3.8) is 0 Å². The highest BCUT2D eigenvalue weighted by Crippen LogP contribution is 2.26. The van der Waals surface area contributed by atoms with Gasteiger partial charge in [-0.2, -0.15) is 0 Å². The molecule has 33 heavy (non-hydrogen) atoms. The maximum absolute atomic E-state index is 12.8. The van der Waals surface area contributed by atoms with Crippen molar-refractivity contribution in [1.29, 1.82) is 0 Å². The SMILES string of the molecule is CC(C)(C)OC(=O)N1CC[C@H](OC(=O)c2ccc([N+](=O)[O-])cc2)[C@H]1COCc1ccccc1. The summed E-state index contributed by atoms with van der Waals surface area (Å²) >= 11 is 0. The van der Waals surface area contributed by atoms with Crippen molar-refractivity contribution in [2.75, 3.05) is 13.2 Å². The third kappa shape index (κ3) is 6.76. The lowest BCUT2D eigenvalue weighted by atomic mass is 10.1. The van der Waals surface area contributed by atoms with Crippen molar-refractivity contribution in [3.8, 4) is 0 Å². The highest BCUT2D eigenvalue weighted by Gasteiger charge is 2.41. The van der Waals surface area contributed by atoms with E-state index in [0.29, 0.717) is 19.6 Å². The van der Waals surface area contributed by atoms with Crippen LogP contribution >= 0.6 is 0 Å². The normalized spacial score (nSPS) is 18.1. The zero-order valence-electron chi connectivity index (χ0n) is 18.9. The van der Waals surface area contributed by atoms with E-state index in [1.807, 2.05) is 30.3 Å². The Hall–Kier alpha value is -3.46. The predicted octanol–water partition coefficient (Wildman–Crippen LogP) is 4.35. The van der Waals surface area contributed by atoms with Crippen LogP contribution in [0.3, 0.4) is 0 Å². The molecule has 0 spiro atoms. The number of likely N-dealkylation sites (tertiary alicyclic amines) is 1. The number of benzene rings is 2. The summed E-state index contributed by atoms with van der Waals surface area (Å²) in [6.07, 6.45) is -0.669. The third-order valence-electron chi connectivity index (χ3n) is 5.08. The second-order valence-corrected chi connectivity index (χ2v) is 8.78. The molecule has 0 aromatic heterocycles. The van der Waals surface area contributed by atoms with E-state index in [4.69, 9.17) is 14.2 Å². The van der Waals surface area contributed by atoms with Gasteiger partial charge < -0.3 is 14.2 Å². The van der Waals surface area contributed by atoms with Crippen LogP contribution in [0.1, 0.15) is 43.1 Å². The van der Waals surface area contributed by atoms with Crippen molar-refractivity contribution in [2.45, 2.75) is 51.5 Å². The second-order valence-electron chi connectivity index (χ2n) is 8.78. The Morgan fingerprint density at radius 1 is 1.09 bits per heavy atom. The summed E-state index contributed by atoms with van der Waals surface area (Å²) in [5.41, 5.74) is 0.398. The third-order valence-corrected chi connectivity index (χ3v) is 5.08. The monoisotopic (exact) mass is 456 g/mol. The van der Waals surface area contributed by atoms with Crippen LogP contribution in [0.4, 0.5) is 10.5 Å². The van der Waals surface area contributed by atoms with Crippen molar-refractivity contribution in [3.05, 3.63) is 75.8 Å². The number of nitrogens with zero attached hydrogens (tertiary/aromatic N) is 2. The molecule has 0 saturated carbocycles. The number of hydrogen-bond donors (Lipinski definition) is 0. The van der Waals surface area contributed by atoms with E-state index in [9.17, 15) is 19.7 Å². The summed E-state index contributed by atoms with van der Waals surface area (Å²) in [6.45, 7) is 6.22. The smallest absolute Gasteiger partial charge is 0.410 e. The summed E-state index contributed by atoms with van der Waals surface area (Å²) in [5, 5.41) is 10.8. The Bertz CT molecular complexity index is 971. The van der Waals surface area contributed by atoms with Gasteiger partial charge in [-0.1, -0.05) is 30.3 Å². The first-order valence-electron chi connectivity index (χ1n) is 10.7. The molecule has 2 aromatic carbocycles. The zero-order valence-corrected chi connectivity index (χ0v) is 18.9. The topological polar surface area (TPSA) is 108 Å². The molecule has 1 amide bonds. The number of nitro benzene ring substituents is 1. The van der Waals surface area contributed by atoms with Gasteiger partial charge in [-0.25, -0.2) is 9.59 Å². The van der Waals surface area contributed by atoms with E-state index >= 15 is 0 Å². The lowest BCUT2D eigenvalue weighted by Crippen LogP contribution is -2.46. The van der Waals surface area contributed by atoms with E-state index in [0.717, 1.165) is 5.56 Å². The highest BCUT2D eigenvalue weighted by atomic mass is 16.6. The molecule has 1 fully saturated rings. The lowest BCUT2D eigenvalue weighted by Gasteiger charge is -2.30. The Labute approximate surface area is 192 Å². The molecule has 3 rings (SSSR count). The molecule has 1 aliphatic rings. The maximum Gasteiger partial charge on any atom is 0.410 e. The van der Waals surface area contributed by atoms with Gasteiger partial charge in [0.2, 0.25) is 0 Å². The van der Waals surface area contributed by atoms with Crippen molar-refractivity contribution in [2.24, 2.45) is 0 Å². The Morgan fingerprint density at radius 2 is 1.76 bits per heavy atom. The lowest BCUT2D eigenvalue weighted by molar-refractivity contribution is -0.384. The first-order chi connectivity index (χ1) is 15.6. The minimum absolute atomic E-state index is 0.115. The molecule has 1 heterocycles. The Balaban J connectivity index is 1.69. The van der Waals surface area contributed by atoms with Crippen molar-refractivity contribution in [1.82, 2.24) is 4.90 Å². The van der Waals surface area contributed by atoms with Crippen LogP contribution in [0.5, 0.6) is 0 Å². The van der Waals surface area contributed by atoms with Crippen molar-refractivity contribution < 1.29 is 28.7 Å². The quantitative estimate of drug-likeness (QED) is 0.346. The largest absolute Gasteiger partial charge is 0.456 e. The van der Waals surface area contributed by atoms with Gasteiger partial charge in [-0.3, -0.25) is 15.0 Å². The number of carbonyl (C=O) groups excluding carboxylic acids is 2. The summed E-state index contributed by atoms with van der Waals surface area (Å²) in [6, 6.07) is 14.3. The predicted molar refractivity (Wildman–Crippen MR) is 120 cm³/mol. The van der Waals surface area contributed by atoms with Crippen LogP contribution in [0.15, 0.2) is 54.6 Å². The molecule has 1 aliphatic heterocycles. The van der Waals surface area contributed by atoms with E-state index in [2.05, 4.69) is 0 Å². The molecule has 0 unspecified atom stereocenters. The number of non-ortho nitro benzene ring substituents is 1. The molecule has 1 saturated heterocycles. The molecule has 0 bridgehead atoms. The van der Waals surface area contributed by atoms with Crippen LogP contribution < -0.4 is 0 Å². The minimum Gasteiger partial charge on any atom is -0.456 e.